The average molecular weight is 344 g/mol. The number of nitriles is 1. The molecule has 6 heteroatoms. The first kappa shape index (κ1) is 17.7. The van der Waals surface area contributed by atoms with Crippen LogP contribution in [0.1, 0.15) is 43.7 Å². The van der Waals surface area contributed by atoms with Gasteiger partial charge in [-0.15, -0.1) is 0 Å². The second-order valence-corrected chi connectivity index (χ2v) is 6.89. The van der Waals surface area contributed by atoms with E-state index in [0.717, 1.165) is 18.4 Å². The minimum Gasteiger partial charge on any atom is -0.335 e. The molecular weight excluding hydrogens is 319 g/mol. The van der Waals surface area contributed by atoms with Gasteiger partial charge in [0.2, 0.25) is 0 Å². The number of halogens is 1. The molecule has 1 N–H and O–H groups in total. The van der Waals surface area contributed by atoms with Gasteiger partial charge >= 0.3 is 6.03 Å². The fraction of sp³-hybridized carbons (Fsp3) is 0.579. The lowest BCUT2D eigenvalue weighted by Crippen LogP contribution is -2.54. The number of nitrogens with zero attached hydrogens (tertiary/aromatic N) is 3. The van der Waals surface area contributed by atoms with Crippen molar-refractivity contribution in [3.05, 3.63) is 35.6 Å². The molecule has 1 aliphatic heterocycles. The predicted octanol–water partition coefficient (Wildman–Crippen LogP) is 3.05. The number of rotatable bonds is 3. The van der Waals surface area contributed by atoms with E-state index in [-0.39, 0.29) is 11.8 Å². The lowest BCUT2D eigenvalue weighted by atomic mass is 9.96. The summed E-state index contributed by atoms with van der Waals surface area (Å²) in [5.74, 6) is -0.301. The molecule has 3 rings (SSSR count). The van der Waals surface area contributed by atoms with E-state index < -0.39 is 6.04 Å². The van der Waals surface area contributed by atoms with E-state index in [9.17, 15) is 14.4 Å². The van der Waals surface area contributed by atoms with Gasteiger partial charge in [0.1, 0.15) is 11.9 Å². The summed E-state index contributed by atoms with van der Waals surface area (Å²) in [4.78, 5) is 16.3. The molecule has 1 unspecified atom stereocenters. The van der Waals surface area contributed by atoms with E-state index >= 15 is 0 Å². The molecule has 1 saturated carbocycles. The maximum Gasteiger partial charge on any atom is 0.317 e. The highest BCUT2D eigenvalue weighted by atomic mass is 19.1. The van der Waals surface area contributed by atoms with Crippen LogP contribution in [0.15, 0.2) is 24.3 Å². The van der Waals surface area contributed by atoms with Crippen LogP contribution in [0, 0.1) is 17.1 Å². The van der Waals surface area contributed by atoms with Crippen molar-refractivity contribution in [1.29, 1.82) is 5.26 Å². The Morgan fingerprint density at radius 2 is 1.76 bits per heavy atom. The molecule has 0 radical (unpaired) electrons. The van der Waals surface area contributed by atoms with Crippen molar-refractivity contribution in [1.82, 2.24) is 15.1 Å². The summed E-state index contributed by atoms with van der Waals surface area (Å²) >= 11 is 0. The van der Waals surface area contributed by atoms with Crippen LogP contribution in [0.3, 0.4) is 0 Å². The Hall–Kier alpha value is -2.13. The molecule has 1 atom stereocenters. The molecule has 1 aromatic rings. The fourth-order valence-electron chi connectivity index (χ4n) is 3.71. The maximum absolute atomic E-state index is 13.1. The molecule has 0 bridgehead atoms. The molecule has 5 nitrogen and oxygen atoms in total. The number of hydrogen-bond acceptors (Lipinski definition) is 3. The summed E-state index contributed by atoms with van der Waals surface area (Å²) in [5.41, 5.74) is 0.795. The molecule has 1 heterocycles. The molecule has 1 saturated heterocycles. The molecule has 0 spiro atoms. The van der Waals surface area contributed by atoms with Gasteiger partial charge in [-0.3, -0.25) is 4.90 Å². The molecule has 134 valence electrons. The highest BCUT2D eigenvalue weighted by Gasteiger charge is 2.28. The van der Waals surface area contributed by atoms with Gasteiger partial charge < -0.3 is 10.2 Å². The molecule has 25 heavy (non-hydrogen) atoms. The molecular formula is C19H25FN4O. The van der Waals surface area contributed by atoms with Gasteiger partial charge in [0.25, 0.3) is 0 Å². The summed E-state index contributed by atoms with van der Waals surface area (Å²) in [6.07, 6.45) is 5.81. The molecule has 2 amide bonds. The number of carbonyl (C=O) groups excluding carboxylic acids is 1. The second kappa shape index (κ2) is 8.30. The van der Waals surface area contributed by atoms with Crippen molar-refractivity contribution < 1.29 is 9.18 Å². The number of hydrogen-bond donors (Lipinski definition) is 1. The third-order valence-corrected chi connectivity index (χ3v) is 5.21. The Morgan fingerprint density at radius 3 is 2.36 bits per heavy atom. The standard InChI is InChI=1S/C19H25FN4O/c20-16-8-6-15(7-9-16)18(14-21)23-10-12-24(13-11-23)19(25)22-17-4-2-1-3-5-17/h6-9,17-18H,1-5,10-13H2,(H,22,25). The smallest absolute Gasteiger partial charge is 0.317 e. The molecule has 0 aromatic heterocycles. The number of urea groups is 1. The molecule has 2 aliphatic rings. The summed E-state index contributed by atoms with van der Waals surface area (Å²) in [6.45, 7) is 2.51. The Bertz CT molecular complexity index is 613. The van der Waals surface area contributed by atoms with Crippen LogP contribution in [0.4, 0.5) is 9.18 Å². The lowest BCUT2D eigenvalue weighted by molar-refractivity contribution is 0.121. The first-order valence-electron chi connectivity index (χ1n) is 9.12. The quantitative estimate of drug-likeness (QED) is 0.917. The summed E-state index contributed by atoms with van der Waals surface area (Å²) in [6, 6.07) is 8.31. The Kier molecular flexibility index (Phi) is 5.87. The highest BCUT2D eigenvalue weighted by Crippen LogP contribution is 2.22. The third-order valence-electron chi connectivity index (χ3n) is 5.21. The largest absolute Gasteiger partial charge is 0.335 e. The van der Waals surface area contributed by atoms with Crippen LogP contribution >= 0.6 is 0 Å². The average Bonchev–Trinajstić information content (AvgIpc) is 2.65. The first-order chi connectivity index (χ1) is 12.2. The molecule has 1 aromatic carbocycles. The van der Waals surface area contributed by atoms with Gasteiger partial charge in [-0.05, 0) is 30.5 Å². The van der Waals surface area contributed by atoms with Crippen molar-refractivity contribution in [3.63, 3.8) is 0 Å². The van der Waals surface area contributed by atoms with E-state index in [0.29, 0.717) is 32.2 Å². The van der Waals surface area contributed by atoms with Crippen molar-refractivity contribution in [2.24, 2.45) is 0 Å². The summed E-state index contributed by atoms with van der Waals surface area (Å²) < 4.78 is 13.1. The van der Waals surface area contributed by atoms with E-state index in [4.69, 9.17) is 0 Å². The van der Waals surface area contributed by atoms with Gasteiger partial charge in [0, 0.05) is 32.2 Å². The SMILES string of the molecule is N#CC(c1ccc(F)cc1)N1CCN(C(=O)NC2CCCCC2)CC1. The monoisotopic (exact) mass is 344 g/mol. The van der Waals surface area contributed by atoms with Crippen molar-refractivity contribution >= 4 is 6.03 Å². The van der Waals surface area contributed by atoms with Crippen LogP contribution in [0.2, 0.25) is 0 Å². The van der Waals surface area contributed by atoms with Crippen LogP contribution in [-0.2, 0) is 0 Å². The Labute approximate surface area is 148 Å². The number of carbonyl (C=O) groups is 1. The Morgan fingerprint density at radius 1 is 1.12 bits per heavy atom. The lowest BCUT2D eigenvalue weighted by Gasteiger charge is -2.37. The predicted molar refractivity (Wildman–Crippen MR) is 93.3 cm³/mol. The van der Waals surface area contributed by atoms with Gasteiger partial charge in [-0.1, -0.05) is 31.4 Å². The zero-order valence-electron chi connectivity index (χ0n) is 14.5. The third kappa shape index (κ3) is 4.49. The maximum atomic E-state index is 13.1. The van der Waals surface area contributed by atoms with E-state index in [1.807, 2.05) is 4.90 Å². The van der Waals surface area contributed by atoms with Crippen LogP contribution in [0.5, 0.6) is 0 Å². The zero-order valence-corrected chi connectivity index (χ0v) is 14.5. The van der Waals surface area contributed by atoms with Crippen molar-refractivity contribution in [3.8, 4) is 6.07 Å². The highest BCUT2D eigenvalue weighted by molar-refractivity contribution is 5.74. The number of piperazine rings is 1. The second-order valence-electron chi connectivity index (χ2n) is 6.89. The van der Waals surface area contributed by atoms with Crippen LogP contribution in [0.25, 0.3) is 0 Å². The molecule has 2 fully saturated rings. The van der Waals surface area contributed by atoms with Crippen molar-refractivity contribution in [2.45, 2.75) is 44.2 Å². The normalized spacial score (nSPS) is 20.7. The molecule has 1 aliphatic carbocycles. The number of nitrogens with one attached hydrogen (secondary N) is 1. The summed E-state index contributed by atoms with van der Waals surface area (Å²) in [7, 11) is 0. The van der Waals surface area contributed by atoms with Crippen LogP contribution in [-0.4, -0.2) is 48.1 Å². The van der Waals surface area contributed by atoms with Gasteiger partial charge in [-0.25, -0.2) is 9.18 Å². The Balaban J connectivity index is 1.52. The van der Waals surface area contributed by atoms with E-state index in [2.05, 4.69) is 16.3 Å². The minimum absolute atomic E-state index is 0.0156. The van der Waals surface area contributed by atoms with Crippen molar-refractivity contribution in [2.75, 3.05) is 26.2 Å². The fourth-order valence-corrected chi connectivity index (χ4v) is 3.71. The van der Waals surface area contributed by atoms with Gasteiger partial charge in [0.15, 0.2) is 0 Å². The van der Waals surface area contributed by atoms with Gasteiger partial charge in [-0.2, -0.15) is 5.26 Å². The topological polar surface area (TPSA) is 59.4 Å². The first-order valence-corrected chi connectivity index (χ1v) is 9.12. The zero-order chi connectivity index (χ0) is 17.6. The number of benzene rings is 1. The minimum atomic E-state index is -0.399. The van der Waals surface area contributed by atoms with E-state index in [1.54, 1.807) is 12.1 Å². The van der Waals surface area contributed by atoms with Crippen LogP contribution < -0.4 is 5.32 Å². The summed E-state index contributed by atoms with van der Waals surface area (Å²) in [5, 5.41) is 12.7. The number of amides is 2. The van der Waals surface area contributed by atoms with Gasteiger partial charge in [0.05, 0.1) is 6.07 Å². The van der Waals surface area contributed by atoms with E-state index in [1.165, 1.54) is 31.4 Å².